The van der Waals surface area contributed by atoms with Gasteiger partial charge in [-0.05, 0) is 37.6 Å². The summed E-state index contributed by atoms with van der Waals surface area (Å²) >= 11 is 0. The topological polar surface area (TPSA) is 38.3 Å². The molecule has 18 heavy (non-hydrogen) atoms. The Labute approximate surface area is 109 Å². The molecule has 0 radical (unpaired) electrons. The van der Waals surface area contributed by atoms with Crippen LogP contribution in [0.25, 0.3) is 0 Å². The first kappa shape index (κ1) is 13.1. The maximum Gasteiger partial charge on any atom is 0.136 e. The molecule has 1 aliphatic carbocycles. The summed E-state index contributed by atoms with van der Waals surface area (Å²) in [5.74, 6) is 1.15. The third-order valence-electron chi connectivity index (χ3n) is 3.50. The lowest BCUT2D eigenvalue weighted by molar-refractivity contribution is -0.118. The number of nitrogens with one attached hydrogen (secondary N) is 1. The predicted octanol–water partition coefficient (Wildman–Crippen LogP) is 2.34. The summed E-state index contributed by atoms with van der Waals surface area (Å²) in [4.78, 5) is 11.4. The van der Waals surface area contributed by atoms with Gasteiger partial charge in [-0.1, -0.05) is 19.1 Å². The molecule has 1 N–H and O–H groups in total. The number of carbonyl (C=O) groups is 1. The van der Waals surface area contributed by atoms with Crippen LogP contribution in [0.3, 0.4) is 0 Å². The van der Waals surface area contributed by atoms with Crippen LogP contribution in [0.4, 0.5) is 0 Å². The van der Waals surface area contributed by atoms with Gasteiger partial charge >= 0.3 is 0 Å². The summed E-state index contributed by atoms with van der Waals surface area (Å²) in [5, 5.41) is 3.24. The fourth-order valence-corrected chi connectivity index (χ4v) is 2.17. The molecule has 3 nitrogen and oxygen atoms in total. The van der Waals surface area contributed by atoms with Crippen molar-refractivity contribution in [3.63, 3.8) is 0 Å². The van der Waals surface area contributed by atoms with Crippen molar-refractivity contribution < 1.29 is 9.53 Å². The molecule has 1 aromatic carbocycles. The average Bonchev–Trinajstić information content (AvgIpc) is 2.33. The normalized spacial score (nSPS) is 22.3. The lowest BCUT2D eigenvalue weighted by Crippen LogP contribution is -2.45. The van der Waals surface area contributed by atoms with Gasteiger partial charge in [-0.3, -0.25) is 4.79 Å². The van der Waals surface area contributed by atoms with Gasteiger partial charge in [0.1, 0.15) is 17.6 Å². The third kappa shape index (κ3) is 3.33. The van der Waals surface area contributed by atoms with Gasteiger partial charge in [-0.15, -0.1) is 0 Å². The number of rotatable bonds is 6. The molecule has 0 spiro atoms. The van der Waals surface area contributed by atoms with E-state index in [0.717, 1.165) is 24.2 Å². The predicted molar refractivity (Wildman–Crippen MR) is 71.9 cm³/mol. The number of ether oxygens (including phenoxy) is 1. The second-order valence-electron chi connectivity index (χ2n) is 4.91. The van der Waals surface area contributed by atoms with Crippen LogP contribution < -0.4 is 10.1 Å². The first-order chi connectivity index (χ1) is 8.71. The zero-order valence-electron chi connectivity index (χ0n) is 11.1. The van der Waals surface area contributed by atoms with Crippen molar-refractivity contribution in [2.45, 2.75) is 44.8 Å². The van der Waals surface area contributed by atoms with Crippen LogP contribution in [-0.4, -0.2) is 25.0 Å². The summed E-state index contributed by atoms with van der Waals surface area (Å²) in [6.45, 7) is 1.90. The Bertz CT molecular complexity index is 411. The van der Waals surface area contributed by atoms with Gasteiger partial charge in [0.25, 0.3) is 0 Å². The van der Waals surface area contributed by atoms with E-state index in [1.165, 1.54) is 0 Å². The number of benzene rings is 1. The quantitative estimate of drug-likeness (QED) is 0.838. The molecule has 0 unspecified atom stereocenters. The average molecular weight is 247 g/mol. The molecule has 1 saturated carbocycles. The Morgan fingerprint density at radius 2 is 2.22 bits per heavy atom. The zero-order valence-corrected chi connectivity index (χ0v) is 11.1. The van der Waals surface area contributed by atoms with Gasteiger partial charge < -0.3 is 10.1 Å². The third-order valence-corrected chi connectivity index (χ3v) is 3.50. The summed E-state index contributed by atoms with van der Waals surface area (Å²) in [7, 11) is 1.98. The maximum atomic E-state index is 11.4. The maximum absolute atomic E-state index is 11.4. The minimum Gasteiger partial charge on any atom is -0.490 e. The van der Waals surface area contributed by atoms with Crippen molar-refractivity contribution in [1.29, 1.82) is 0 Å². The molecule has 0 amide bonds. The monoisotopic (exact) mass is 247 g/mol. The highest BCUT2D eigenvalue weighted by atomic mass is 16.5. The minimum absolute atomic E-state index is 0.269. The van der Waals surface area contributed by atoms with Crippen LogP contribution in [0.1, 0.15) is 31.7 Å². The Kier molecular flexibility index (Phi) is 4.37. The largest absolute Gasteiger partial charge is 0.490 e. The van der Waals surface area contributed by atoms with E-state index in [1.807, 2.05) is 38.2 Å². The van der Waals surface area contributed by atoms with Crippen LogP contribution in [0, 0.1) is 0 Å². The molecule has 0 aliphatic heterocycles. The first-order valence-corrected chi connectivity index (χ1v) is 6.65. The molecule has 0 heterocycles. The van der Waals surface area contributed by atoms with Crippen LogP contribution >= 0.6 is 0 Å². The first-order valence-electron chi connectivity index (χ1n) is 6.65. The lowest BCUT2D eigenvalue weighted by atomic mass is 9.89. The van der Waals surface area contributed by atoms with Gasteiger partial charge in [0.05, 0.1) is 0 Å². The molecule has 3 heteroatoms. The molecule has 0 bridgehead atoms. The molecular formula is C15H21NO2. The minimum atomic E-state index is 0.269. The molecule has 1 aromatic rings. The van der Waals surface area contributed by atoms with Gasteiger partial charge in [-0.25, -0.2) is 0 Å². The van der Waals surface area contributed by atoms with E-state index in [4.69, 9.17) is 4.74 Å². The van der Waals surface area contributed by atoms with Crippen molar-refractivity contribution in [3.8, 4) is 5.75 Å². The highest BCUT2D eigenvalue weighted by Gasteiger charge is 2.29. The fraction of sp³-hybridized carbons (Fsp3) is 0.533. The number of hydrogen-bond donors (Lipinski definition) is 1. The van der Waals surface area contributed by atoms with Crippen molar-refractivity contribution in [2.24, 2.45) is 0 Å². The molecule has 1 aliphatic rings. The Morgan fingerprint density at radius 3 is 2.89 bits per heavy atom. The Balaban J connectivity index is 1.89. The fourth-order valence-electron chi connectivity index (χ4n) is 2.17. The number of ketones is 1. The van der Waals surface area contributed by atoms with Crippen LogP contribution in [0.5, 0.6) is 5.75 Å². The van der Waals surface area contributed by atoms with Crippen LogP contribution in [0.15, 0.2) is 24.3 Å². The van der Waals surface area contributed by atoms with E-state index in [9.17, 15) is 4.79 Å². The molecule has 0 saturated heterocycles. The standard InChI is InChI=1S/C15H21NO2/c1-3-13(17)7-11-5-4-6-14(8-11)18-15-9-12(10-15)16-2/h4-6,8,12,15-16H,3,7,9-10H2,1-2H3. The number of carbonyl (C=O) groups excluding carboxylic acids is 1. The smallest absolute Gasteiger partial charge is 0.136 e. The van der Waals surface area contributed by atoms with E-state index in [0.29, 0.717) is 25.0 Å². The second-order valence-corrected chi connectivity index (χ2v) is 4.91. The Morgan fingerprint density at radius 1 is 1.44 bits per heavy atom. The van der Waals surface area contributed by atoms with Crippen molar-refractivity contribution >= 4 is 5.78 Å². The summed E-state index contributed by atoms with van der Waals surface area (Å²) in [5.41, 5.74) is 1.05. The van der Waals surface area contributed by atoms with Crippen molar-refractivity contribution in [2.75, 3.05) is 7.05 Å². The van der Waals surface area contributed by atoms with Gasteiger partial charge in [0.15, 0.2) is 0 Å². The molecule has 0 aromatic heterocycles. The molecule has 1 fully saturated rings. The molecule has 2 rings (SSSR count). The van der Waals surface area contributed by atoms with E-state index in [2.05, 4.69) is 5.32 Å². The van der Waals surface area contributed by atoms with Crippen molar-refractivity contribution in [3.05, 3.63) is 29.8 Å². The molecule has 0 atom stereocenters. The van der Waals surface area contributed by atoms with E-state index in [-0.39, 0.29) is 5.78 Å². The van der Waals surface area contributed by atoms with E-state index in [1.54, 1.807) is 0 Å². The number of Topliss-reactive ketones (excluding diaryl/α,β-unsaturated/α-hetero) is 1. The molecular weight excluding hydrogens is 226 g/mol. The van der Waals surface area contributed by atoms with Gasteiger partial charge in [-0.2, -0.15) is 0 Å². The Hall–Kier alpha value is -1.35. The summed E-state index contributed by atoms with van der Waals surface area (Å²) in [6, 6.07) is 8.49. The SMILES string of the molecule is CCC(=O)Cc1cccc(OC2CC(NC)C2)c1. The van der Waals surface area contributed by atoms with Crippen LogP contribution in [0.2, 0.25) is 0 Å². The van der Waals surface area contributed by atoms with E-state index < -0.39 is 0 Å². The molecule has 98 valence electrons. The summed E-state index contributed by atoms with van der Waals surface area (Å²) < 4.78 is 5.89. The van der Waals surface area contributed by atoms with Gasteiger partial charge in [0.2, 0.25) is 0 Å². The summed E-state index contributed by atoms with van der Waals surface area (Å²) in [6.07, 6.45) is 3.55. The van der Waals surface area contributed by atoms with Crippen molar-refractivity contribution in [1.82, 2.24) is 5.32 Å². The highest BCUT2D eigenvalue weighted by Crippen LogP contribution is 2.26. The van der Waals surface area contributed by atoms with Gasteiger partial charge in [0, 0.05) is 18.9 Å². The lowest BCUT2D eigenvalue weighted by Gasteiger charge is -2.35. The highest BCUT2D eigenvalue weighted by molar-refractivity contribution is 5.80. The van der Waals surface area contributed by atoms with Crippen LogP contribution in [-0.2, 0) is 11.2 Å². The second kappa shape index (κ2) is 6.01. The number of hydrogen-bond acceptors (Lipinski definition) is 3. The zero-order chi connectivity index (χ0) is 13.0. The van der Waals surface area contributed by atoms with E-state index >= 15 is 0 Å².